The summed E-state index contributed by atoms with van der Waals surface area (Å²) in [6.45, 7) is 8.65. The van der Waals surface area contributed by atoms with Gasteiger partial charge in [-0.2, -0.15) is 0 Å². The third-order valence-corrected chi connectivity index (χ3v) is 3.81. The van der Waals surface area contributed by atoms with Crippen molar-refractivity contribution in [3.05, 3.63) is 28.8 Å². The van der Waals surface area contributed by atoms with Crippen LogP contribution in [0.3, 0.4) is 0 Å². The number of nitrogens with zero attached hydrogens (tertiary/aromatic N) is 2. The summed E-state index contributed by atoms with van der Waals surface area (Å²) in [5.74, 6) is 1.69. The zero-order valence-electron chi connectivity index (χ0n) is 13.2. The highest BCUT2D eigenvalue weighted by atomic mass is 35.5. The Hall–Kier alpha value is -1.22. The minimum absolute atomic E-state index is 0. The molecule has 0 fully saturated rings. The number of amidine groups is 1. The average molecular weight is 296 g/mol. The van der Waals surface area contributed by atoms with E-state index in [2.05, 4.69) is 62.2 Å². The van der Waals surface area contributed by atoms with Gasteiger partial charge in [0.1, 0.15) is 5.84 Å². The fourth-order valence-electron chi connectivity index (χ4n) is 2.76. The van der Waals surface area contributed by atoms with Crippen LogP contribution in [0.2, 0.25) is 0 Å². The van der Waals surface area contributed by atoms with Crippen molar-refractivity contribution in [3.63, 3.8) is 0 Å². The molecule has 20 heavy (non-hydrogen) atoms. The zero-order valence-corrected chi connectivity index (χ0v) is 14.0. The van der Waals surface area contributed by atoms with Crippen LogP contribution in [0.1, 0.15) is 36.5 Å². The number of anilines is 1. The molecule has 0 unspecified atom stereocenters. The maximum Gasteiger partial charge on any atom is 0.101 e. The summed E-state index contributed by atoms with van der Waals surface area (Å²) in [6.07, 6.45) is 0.917. The van der Waals surface area contributed by atoms with E-state index in [4.69, 9.17) is 0 Å². The van der Waals surface area contributed by atoms with Crippen LogP contribution in [0.4, 0.5) is 5.69 Å². The Kier molecular flexibility index (Phi) is 5.88. The lowest BCUT2D eigenvalue weighted by atomic mass is 9.91. The van der Waals surface area contributed by atoms with E-state index in [0.29, 0.717) is 5.92 Å². The molecule has 0 aromatic heterocycles. The molecule has 0 atom stereocenters. The van der Waals surface area contributed by atoms with Gasteiger partial charge in [-0.3, -0.25) is 4.99 Å². The maximum atomic E-state index is 4.53. The van der Waals surface area contributed by atoms with Crippen molar-refractivity contribution >= 4 is 23.9 Å². The maximum absolute atomic E-state index is 4.53. The number of nitrogens with one attached hydrogen (secondary N) is 1. The molecule has 1 heterocycles. The normalized spacial score (nSPS) is 13.8. The van der Waals surface area contributed by atoms with E-state index >= 15 is 0 Å². The van der Waals surface area contributed by atoms with Gasteiger partial charge in [-0.1, -0.05) is 19.9 Å². The molecule has 1 aromatic rings. The summed E-state index contributed by atoms with van der Waals surface area (Å²) in [6, 6.07) is 4.51. The molecule has 0 bridgehead atoms. The minimum atomic E-state index is 0. The van der Waals surface area contributed by atoms with Gasteiger partial charge in [0, 0.05) is 32.7 Å². The second kappa shape index (κ2) is 6.98. The molecule has 3 nitrogen and oxygen atoms in total. The van der Waals surface area contributed by atoms with Crippen LogP contribution in [-0.4, -0.2) is 33.0 Å². The molecule has 1 N–H and O–H groups in total. The van der Waals surface area contributed by atoms with Gasteiger partial charge in [0.25, 0.3) is 0 Å². The number of hydrogen-bond donors (Lipinski definition) is 1. The fourth-order valence-corrected chi connectivity index (χ4v) is 2.76. The van der Waals surface area contributed by atoms with Crippen molar-refractivity contribution in [1.29, 1.82) is 0 Å². The van der Waals surface area contributed by atoms with Crippen molar-refractivity contribution < 1.29 is 0 Å². The van der Waals surface area contributed by atoms with Crippen molar-refractivity contribution in [2.24, 2.45) is 4.99 Å². The van der Waals surface area contributed by atoms with Crippen LogP contribution in [0.15, 0.2) is 17.1 Å². The first-order valence-electron chi connectivity index (χ1n) is 7.07. The second-order valence-corrected chi connectivity index (χ2v) is 5.76. The van der Waals surface area contributed by atoms with Crippen molar-refractivity contribution in [1.82, 2.24) is 5.32 Å². The SMILES string of the molecule is Cc1c(C(C)C)ccc(N(C)C)c1CC1=NCCN1.Cl. The molecule has 0 amide bonds. The molecule has 1 aliphatic heterocycles. The lowest BCUT2D eigenvalue weighted by molar-refractivity contribution is 0.850. The summed E-state index contributed by atoms with van der Waals surface area (Å²) in [5.41, 5.74) is 5.57. The van der Waals surface area contributed by atoms with Crippen LogP contribution in [-0.2, 0) is 6.42 Å². The molecule has 1 aliphatic rings. The van der Waals surface area contributed by atoms with Gasteiger partial charge in [0.05, 0.1) is 6.54 Å². The van der Waals surface area contributed by atoms with E-state index in [0.717, 1.165) is 25.3 Å². The largest absolute Gasteiger partial charge is 0.377 e. The zero-order chi connectivity index (χ0) is 14.0. The molecule has 0 spiro atoms. The van der Waals surface area contributed by atoms with E-state index in [-0.39, 0.29) is 12.4 Å². The fraction of sp³-hybridized carbons (Fsp3) is 0.562. The predicted molar refractivity (Wildman–Crippen MR) is 90.9 cm³/mol. The molecule has 4 heteroatoms. The van der Waals surface area contributed by atoms with Crippen LogP contribution < -0.4 is 10.2 Å². The number of hydrogen-bond acceptors (Lipinski definition) is 3. The smallest absolute Gasteiger partial charge is 0.101 e. The van der Waals surface area contributed by atoms with Gasteiger partial charge >= 0.3 is 0 Å². The summed E-state index contributed by atoms with van der Waals surface area (Å²) in [7, 11) is 4.22. The highest BCUT2D eigenvalue weighted by Crippen LogP contribution is 2.30. The molecule has 0 saturated carbocycles. The Labute approximate surface area is 128 Å². The highest BCUT2D eigenvalue weighted by Gasteiger charge is 2.16. The van der Waals surface area contributed by atoms with Gasteiger partial charge in [-0.15, -0.1) is 12.4 Å². The van der Waals surface area contributed by atoms with E-state index in [1.54, 1.807) is 0 Å². The molecule has 0 aliphatic carbocycles. The van der Waals surface area contributed by atoms with Crippen LogP contribution in [0, 0.1) is 6.92 Å². The lowest BCUT2D eigenvalue weighted by Gasteiger charge is -2.23. The van der Waals surface area contributed by atoms with E-state index in [1.807, 2.05) is 0 Å². The standard InChI is InChI=1S/C16H25N3.ClH/c1-11(2)13-6-7-15(19(4)5)14(12(13)3)10-16-17-8-9-18-16;/h6-7,11H,8-10H2,1-5H3,(H,17,18);1H. The van der Waals surface area contributed by atoms with E-state index in [9.17, 15) is 0 Å². The van der Waals surface area contributed by atoms with Gasteiger partial charge in [0.15, 0.2) is 0 Å². The number of aliphatic imine (C=N–C) groups is 1. The van der Waals surface area contributed by atoms with E-state index in [1.165, 1.54) is 22.4 Å². The monoisotopic (exact) mass is 295 g/mol. The highest BCUT2D eigenvalue weighted by molar-refractivity contribution is 5.87. The summed E-state index contributed by atoms with van der Waals surface area (Å²) in [4.78, 5) is 6.73. The third-order valence-electron chi connectivity index (χ3n) is 3.81. The Morgan fingerprint density at radius 2 is 2.00 bits per heavy atom. The van der Waals surface area contributed by atoms with Gasteiger partial charge in [-0.25, -0.2) is 0 Å². The number of rotatable bonds is 4. The van der Waals surface area contributed by atoms with Crippen LogP contribution in [0.25, 0.3) is 0 Å². The van der Waals surface area contributed by atoms with Crippen molar-refractivity contribution in [2.75, 3.05) is 32.1 Å². The first kappa shape index (κ1) is 16.8. The van der Waals surface area contributed by atoms with Crippen molar-refractivity contribution in [2.45, 2.75) is 33.1 Å². The first-order valence-corrected chi connectivity index (χ1v) is 7.07. The Morgan fingerprint density at radius 3 is 2.50 bits per heavy atom. The first-order chi connectivity index (χ1) is 9.00. The molecule has 1 aromatic carbocycles. The summed E-state index contributed by atoms with van der Waals surface area (Å²) in [5, 5.41) is 3.38. The Bertz CT molecular complexity index is 493. The molecular weight excluding hydrogens is 270 g/mol. The Balaban J connectivity index is 0.00000200. The average Bonchev–Trinajstić information content (AvgIpc) is 2.83. The molecular formula is C16H26ClN3. The van der Waals surface area contributed by atoms with E-state index < -0.39 is 0 Å². The van der Waals surface area contributed by atoms with Gasteiger partial charge < -0.3 is 10.2 Å². The quantitative estimate of drug-likeness (QED) is 0.924. The second-order valence-electron chi connectivity index (χ2n) is 5.76. The Morgan fingerprint density at radius 1 is 1.30 bits per heavy atom. The predicted octanol–water partition coefficient (Wildman–Crippen LogP) is 3.15. The van der Waals surface area contributed by atoms with Gasteiger partial charge in [0.2, 0.25) is 0 Å². The summed E-state index contributed by atoms with van der Waals surface area (Å²) >= 11 is 0. The molecule has 112 valence electrons. The minimum Gasteiger partial charge on any atom is -0.377 e. The molecule has 0 saturated heterocycles. The lowest BCUT2D eigenvalue weighted by Crippen LogP contribution is -2.23. The topological polar surface area (TPSA) is 27.6 Å². The van der Waals surface area contributed by atoms with Crippen LogP contribution >= 0.6 is 12.4 Å². The third kappa shape index (κ3) is 3.45. The summed E-state index contributed by atoms with van der Waals surface area (Å²) < 4.78 is 0. The number of benzene rings is 1. The van der Waals surface area contributed by atoms with Crippen molar-refractivity contribution in [3.8, 4) is 0 Å². The molecule has 0 radical (unpaired) electrons. The molecule has 2 rings (SSSR count). The van der Waals surface area contributed by atoms with Crippen LogP contribution in [0.5, 0.6) is 0 Å². The number of halogens is 1. The van der Waals surface area contributed by atoms with Gasteiger partial charge in [-0.05, 0) is 35.6 Å².